The van der Waals surface area contributed by atoms with Crippen molar-refractivity contribution in [3.8, 4) is 0 Å². The Morgan fingerprint density at radius 1 is 1.47 bits per heavy atom. The average molecular weight is 267 g/mol. The molecule has 1 N–H and O–H groups in total. The molecule has 1 fully saturated rings. The van der Waals surface area contributed by atoms with Crippen LogP contribution in [0, 0.1) is 11.7 Å². The lowest BCUT2D eigenvalue weighted by Gasteiger charge is -2.11. The van der Waals surface area contributed by atoms with Crippen molar-refractivity contribution in [3.63, 3.8) is 0 Å². The zero-order chi connectivity index (χ0) is 13.5. The fourth-order valence-electron chi connectivity index (χ4n) is 2.17. The van der Waals surface area contributed by atoms with Gasteiger partial charge in [0.25, 0.3) is 0 Å². The third-order valence-electron chi connectivity index (χ3n) is 3.32. The molecule has 19 heavy (non-hydrogen) atoms. The fourth-order valence-corrected chi connectivity index (χ4v) is 2.17. The third kappa shape index (κ3) is 4.56. The molecule has 1 saturated heterocycles. The first-order valence-corrected chi connectivity index (χ1v) is 6.93. The van der Waals surface area contributed by atoms with E-state index in [4.69, 9.17) is 9.47 Å². The summed E-state index contributed by atoms with van der Waals surface area (Å²) in [5.74, 6) is 0.274. The molecule has 3 nitrogen and oxygen atoms in total. The highest BCUT2D eigenvalue weighted by Crippen LogP contribution is 2.15. The van der Waals surface area contributed by atoms with E-state index in [1.165, 1.54) is 6.07 Å². The Labute approximate surface area is 114 Å². The molecule has 0 amide bonds. The largest absolute Gasteiger partial charge is 0.381 e. The van der Waals surface area contributed by atoms with Crippen LogP contribution < -0.4 is 5.32 Å². The molecule has 0 bridgehead atoms. The zero-order valence-corrected chi connectivity index (χ0v) is 11.5. The lowest BCUT2D eigenvalue weighted by Crippen LogP contribution is -2.13. The zero-order valence-electron chi connectivity index (χ0n) is 11.5. The van der Waals surface area contributed by atoms with E-state index in [0.29, 0.717) is 24.7 Å². The number of halogens is 1. The summed E-state index contributed by atoms with van der Waals surface area (Å²) in [6.07, 6.45) is 1.04. The molecular weight excluding hydrogens is 245 g/mol. The van der Waals surface area contributed by atoms with Crippen molar-refractivity contribution in [3.05, 3.63) is 35.1 Å². The van der Waals surface area contributed by atoms with Crippen molar-refractivity contribution in [2.45, 2.75) is 26.5 Å². The quantitative estimate of drug-likeness (QED) is 0.823. The molecule has 1 atom stereocenters. The van der Waals surface area contributed by atoms with Gasteiger partial charge in [-0.2, -0.15) is 0 Å². The normalized spacial score (nSPS) is 18.9. The second-order valence-corrected chi connectivity index (χ2v) is 4.95. The molecule has 2 rings (SSSR count). The van der Waals surface area contributed by atoms with Crippen LogP contribution in [0.2, 0.25) is 0 Å². The van der Waals surface area contributed by atoms with Crippen molar-refractivity contribution >= 4 is 0 Å². The third-order valence-corrected chi connectivity index (χ3v) is 3.32. The lowest BCUT2D eigenvalue weighted by atomic mass is 10.1. The summed E-state index contributed by atoms with van der Waals surface area (Å²) in [5.41, 5.74) is 1.72. The molecule has 1 aromatic rings. The van der Waals surface area contributed by atoms with Crippen LogP contribution in [0.25, 0.3) is 0 Å². The van der Waals surface area contributed by atoms with E-state index < -0.39 is 0 Å². The van der Waals surface area contributed by atoms with Gasteiger partial charge in [0.1, 0.15) is 5.82 Å². The number of hydrogen-bond acceptors (Lipinski definition) is 3. The molecule has 0 radical (unpaired) electrons. The van der Waals surface area contributed by atoms with Crippen molar-refractivity contribution in [2.75, 3.05) is 26.4 Å². The highest BCUT2D eigenvalue weighted by molar-refractivity contribution is 5.24. The van der Waals surface area contributed by atoms with Crippen LogP contribution in [0.3, 0.4) is 0 Å². The number of ether oxygens (including phenoxy) is 2. The summed E-state index contributed by atoms with van der Waals surface area (Å²) in [7, 11) is 0. The summed E-state index contributed by atoms with van der Waals surface area (Å²) in [6, 6.07) is 5.21. The molecule has 0 aromatic heterocycles. The van der Waals surface area contributed by atoms with Gasteiger partial charge in [-0.05, 0) is 30.7 Å². The van der Waals surface area contributed by atoms with Crippen LogP contribution in [0.1, 0.15) is 24.5 Å². The minimum atomic E-state index is -0.192. The van der Waals surface area contributed by atoms with Gasteiger partial charge in [-0.1, -0.05) is 13.0 Å². The van der Waals surface area contributed by atoms with Gasteiger partial charge in [0.05, 0.1) is 19.8 Å². The topological polar surface area (TPSA) is 30.5 Å². The van der Waals surface area contributed by atoms with Gasteiger partial charge >= 0.3 is 0 Å². The van der Waals surface area contributed by atoms with Crippen LogP contribution in [0.4, 0.5) is 4.39 Å². The minimum absolute atomic E-state index is 0.192. The summed E-state index contributed by atoms with van der Waals surface area (Å²) < 4.78 is 24.6. The van der Waals surface area contributed by atoms with Crippen LogP contribution in [-0.2, 0) is 22.6 Å². The van der Waals surface area contributed by atoms with Crippen molar-refractivity contribution in [1.29, 1.82) is 0 Å². The van der Waals surface area contributed by atoms with E-state index in [9.17, 15) is 4.39 Å². The molecule has 106 valence electrons. The van der Waals surface area contributed by atoms with Crippen LogP contribution in [-0.4, -0.2) is 26.4 Å². The van der Waals surface area contributed by atoms with E-state index in [-0.39, 0.29) is 5.82 Å². The van der Waals surface area contributed by atoms with Gasteiger partial charge in [-0.15, -0.1) is 0 Å². The number of benzene rings is 1. The van der Waals surface area contributed by atoms with Gasteiger partial charge in [0, 0.05) is 24.6 Å². The molecular formula is C15H22FNO2. The first-order valence-electron chi connectivity index (χ1n) is 6.93. The molecule has 1 unspecified atom stereocenters. The van der Waals surface area contributed by atoms with Crippen molar-refractivity contribution in [1.82, 2.24) is 5.32 Å². The standard InChI is InChI=1S/C15H22FNO2/c1-2-17-8-12-3-4-15(16)14(7-12)11-19-10-13-5-6-18-9-13/h3-4,7,13,17H,2,5-6,8-11H2,1H3. The molecule has 0 aliphatic carbocycles. The number of rotatable bonds is 7. The second kappa shape index (κ2) is 7.58. The predicted octanol–water partition coefficient (Wildman–Crippen LogP) is 2.49. The lowest BCUT2D eigenvalue weighted by molar-refractivity contribution is 0.0775. The van der Waals surface area contributed by atoms with Crippen molar-refractivity contribution in [2.24, 2.45) is 5.92 Å². The molecule has 1 heterocycles. The minimum Gasteiger partial charge on any atom is -0.381 e. The average Bonchev–Trinajstić information content (AvgIpc) is 2.92. The van der Waals surface area contributed by atoms with E-state index in [1.54, 1.807) is 0 Å². The monoisotopic (exact) mass is 267 g/mol. The van der Waals surface area contributed by atoms with Gasteiger partial charge < -0.3 is 14.8 Å². The molecule has 1 aliphatic heterocycles. The van der Waals surface area contributed by atoms with Crippen LogP contribution in [0.15, 0.2) is 18.2 Å². The first-order chi connectivity index (χ1) is 9.29. The van der Waals surface area contributed by atoms with Crippen LogP contribution >= 0.6 is 0 Å². The van der Waals surface area contributed by atoms with Gasteiger partial charge in [-0.3, -0.25) is 0 Å². The van der Waals surface area contributed by atoms with Crippen LogP contribution in [0.5, 0.6) is 0 Å². The molecule has 4 heteroatoms. The Bertz CT molecular complexity index is 392. The number of hydrogen-bond donors (Lipinski definition) is 1. The van der Waals surface area contributed by atoms with E-state index in [2.05, 4.69) is 12.2 Å². The number of nitrogens with one attached hydrogen (secondary N) is 1. The molecule has 0 spiro atoms. The summed E-state index contributed by atoms with van der Waals surface area (Å²) in [6.45, 7) is 6.30. The van der Waals surface area contributed by atoms with Gasteiger partial charge in [0.15, 0.2) is 0 Å². The van der Waals surface area contributed by atoms with Crippen molar-refractivity contribution < 1.29 is 13.9 Å². The SMILES string of the molecule is CCNCc1ccc(F)c(COCC2CCOC2)c1. The highest BCUT2D eigenvalue weighted by Gasteiger charge is 2.15. The Kier molecular flexibility index (Phi) is 5.76. The maximum Gasteiger partial charge on any atom is 0.128 e. The van der Waals surface area contributed by atoms with Gasteiger partial charge in [0.2, 0.25) is 0 Å². The van der Waals surface area contributed by atoms with E-state index >= 15 is 0 Å². The van der Waals surface area contributed by atoms with E-state index in [1.807, 2.05) is 12.1 Å². The summed E-state index contributed by atoms with van der Waals surface area (Å²) in [5, 5.41) is 3.23. The maximum absolute atomic E-state index is 13.7. The second-order valence-electron chi connectivity index (χ2n) is 4.95. The Hall–Kier alpha value is -0.970. The summed E-state index contributed by atoms with van der Waals surface area (Å²) in [4.78, 5) is 0. The Balaban J connectivity index is 1.83. The Morgan fingerprint density at radius 2 is 2.37 bits per heavy atom. The predicted molar refractivity (Wildman–Crippen MR) is 72.4 cm³/mol. The molecule has 0 saturated carbocycles. The summed E-state index contributed by atoms with van der Waals surface area (Å²) >= 11 is 0. The molecule has 1 aliphatic rings. The molecule has 1 aromatic carbocycles. The Morgan fingerprint density at radius 3 is 3.11 bits per heavy atom. The highest BCUT2D eigenvalue weighted by atomic mass is 19.1. The first kappa shape index (κ1) is 14.4. The van der Waals surface area contributed by atoms with Gasteiger partial charge in [-0.25, -0.2) is 4.39 Å². The van der Waals surface area contributed by atoms with E-state index in [0.717, 1.165) is 38.3 Å². The fraction of sp³-hybridized carbons (Fsp3) is 0.600. The maximum atomic E-state index is 13.7. The smallest absolute Gasteiger partial charge is 0.128 e.